The van der Waals surface area contributed by atoms with E-state index in [1.54, 1.807) is 19.1 Å². The van der Waals surface area contributed by atoms with E-state index < -0.39 is 12.6 Å². The van der Waals surface area contributed by atoms with Gasteiger partial charge in [-0.1, -0.05) is 12.8 Å². The highest BCUT2D eigenvalue weighted by atomic mass is 16.5. The van der Waals surface area contributed by atoms with Gasteiger partial charge in [-0.2, -0.15) is 0 Å². The minimum atomic E-state index is -1.08. The molecule has 0 aromatic heterocycles. The maximum absolute atomic E-state index is 12.2. The highest BCUT2D eigenvalue weighted by Crippen LogP contribution is 2.28. The number of carbonyl (C=O) groups is 2. The molecule has 0 bridgehead atoms. The molecule has 0 spiro atoms. The lowest BCUT2D eigenvalue weighted by molar-refractivity contribution is -0.139. The lowest BCUT2D eigenvalue weighted by Gasteiger charge is -2.13. The molecule has 1 aliphatic rings. The molecule has 1 fully saturated rings. The number of benzene rings is 1. The van der Waals surface area contributed by atoms with Crippen LogP contribution in [0.15, 0.2) is 18.2 Å². The van der Waals surface area contributed by atoms with E-state index in [1.165, 1.54) is 18.9 Å². The van der Waals surface area contributed by atoms with E-state index in [9.17, 15) is 9.59 Å². The average Bonchev–Trinajstić information content (AvgIpc) is 3.11. The number of aliphatic carboxylic acids is 1. The zero-order valence-corrected chi connectivity index (χ0v) is 14.5. The second-order valence-electron chi connectivity index (χ2n) is 5.81. The van der Waals surface area contributed by atoms with Gasteiger partial charge in [0.15, 0.2) is 18.1 Å². The van der Waals surface area contributed by atoms with Gasteiger partial charge in [-0.3, -0.25) is 4.79 Å². The van der Waals surface area contributed by atoms with Crippen molar-refractivity contribution in [2.75, 3.05) is 26.4 Å². The number of rotatable bonds is 10. The van der Waals surface area contributed by atoms with Crippen molar-refractivity contribution in [3.05, 3.63) is 23.8 Å². The smallest absolute Gasteiger partial charge is 0.341 e. The Labute approximate surface area is 147 Å². The maximum Gasteiger partial charge on any atom is 0.341 e. The molecular formula is C18H25NO6. The molecule has 2 N–H and O–H groups in total. The van der Waals surface area contributed by atoms with Crippen molar-refractivity contribution in [2.24, 2.45) is 0 Å². The van der Waals surface area contributed by atoms with E-state index in [0.717, 1.165) is 12.8 Å². The fraction of sp³-hybridized carbons (Fsp3) is 0.556. The summed E-state index contributed by atoms with van der Waals surface area (Å²) in [7, 11) is 0. The molecule has 0 radical (unpaired) electrons. The second-order valence-corrected chi connectivity index (χ2v) is 5.81. The molecule has 7 nitrogen and oxygen atoms in total. The summed E-state index contributed by atoms with van der Waals surface area (Å²) in [5, 5.41) is 11.5. The number of carbonyl (C=O) groups excluding carboxylic acids is 1. The first-order valence-electron chi connectivity index (χ1n) is 8.61. The highest BCUT2D eigenvalue weighted by Gasteiger charge is 2.15. The number of nitrogens with one attached hydrogen (secondary N) is 1. The molecule has 2 rings (SSSR count). The minimum absolute atomic E-state index is 0.235. The SMILES string of the molecule is CCOc1cc(C(=O)NCCOC2CCCC2)ccc1OCC(=O)O. The van der Waals surface area contributed by atoms with Gasteiger partial charge in [0.2, 0.25) is 0 Å². The molecule has 1 aromatic carbocycles. The molecule has 0 atom stereocenters. The van der Waals surface area contributed by atoms with Crippen molar-refractivity contribution in [1.82, 2.24) is 5.32 Å². The number of hydrogen-bond acceptors (Lipinski definition) is 5. The Morgan fingerprint density at radius 2 is 1.96 bits per heavy atom. The Hall–Kier alpha value is -2.28. The molecule has 0 unspecified atom stereocenters. The molecule has 7 heteroatoms. The van der Waals surface area contributed by atoms with Gasteiger partial charge >= 0.3 is 5.97 Å². The van der Waals surface area contributed by atoms with E-state index in [2.05, 4.69) is 5.32 Å². The van der Waals surface area contributed by atoms with Gasteiger partial charge in [0.05, 0.1) is 19.3 Å². The molecule has 25 heavy (non-hydrogen) atoms. The van der Waals surface area contributed by atoms with E-state index in [1.807, 2.05) is 0 Å². The van der Waals surface area contributed by atoms with Crippen LogP contribution >= 0.6 is 0 Å². The van der Waals surface area contributed by atoms with E-state index >= 15 is 0 Å². The molecule has 1 aromatic rings. The Kier molecular flexibility index (Phi) is 7.53. The van der Waals surface area contributed by atoms with Crippen molar-refractivity contribution >= 4 is 11.9 Å². The zero-order chi connectivity index (χ0) is 18.1. The highest BCUT2D eigenvalue weighted by molar-refractivity contribution is 5.94. The largest absolute Gasteiger partial charge is 0.490 e. The molecule has 1 aliphatic carbocycles. The number of hydrogen-bond donors (Lipinski definition) is 2. The zero-order valence-electron chi connectivity index (χ0n) is 14.5. The first kappa shape index (κ1) is 19.1. The summed E-state index contributed by atoms with van der Waals surface area (Å²) >= 11 is 0. The fourth-order valence-electron chi connectivity index (χ4n) is 2.72. The maximum atomic E-state index is 12.2. The third-order valence-corrected chi connectivity index (χ3v) is 3.90. The van der Waals surface area contributed by atoms with Gasteiger partial charge in [-0.05, 0) is 38.0 Å². The standard InChI is InChI=1S/C18H25NO6/c1-2-23-16-11-13(7-8-15(16)25-12-17(20)21)18(22)19-9-10-24-14-5-3-4-6-14/h7-8,11,14H,2-6,9-10,12H2,1H3,(H,19,22)(H,20,21). The predicted molar refractivity (Wildman–Crippen MR) is 91.3 cm³/mol. The Bertz CT molecular complexity index is 583. The quantitative estimate of drug-likeness (QED) is 0.628. The van der Waals surface area contributed by atoms with Gasteiger partial charge in [0.25, 0.3) is 5.91 Å². The normalized spacial score (nSPS) is 14.3. The van der Waals surface area contributed by atoms with Gasteiger partial charge in [0, 0.05) is 12.1 Å². The minimum Gasteiger partial charge on any atom is -0.490 e. The fourth-order valence-corrected chi connectivity index (χ4v) is 2.72. The molecular weight excluding hydrogens is 326 g/mol. The van der Waals surface area contributed by atoms with Crippen LogP contribution in [0.2, 0.25) is 0 Å². The monoisotopic (exact) mass is 351 g/mol. The van der Waals surface area contributed by atoms with Crippen LogP contribution in [-0.4, -0.2) is 49.5 Å². The first-order chi connectivity index (χ1) is 12.1. The van der Waals surface area contributed by atoms with Crippen molar-refractivity contribution in [3.8, 4) is 11.5 Å². The Morgan fingerprint density at radius 3 is 2.64 bits per heavy atom. The number of carboxylic acid groups (broad SMARTS) is 1. The van der Waals surface area contributed by atoms with Crippen LogP contribution in [0, 0.1) is 0 Å². The topological polar surface area (TPSA) is 94.1 Å². The van der Waals surface area contributed by atoms with Gasteiger partial charge in [-0.25, -0.2) is 4.79 Å². The summed E-state index contributed by atoms with van der Waals surface area (Å²) in [6.45, 7) is 2.65. The second kappa shape index (κ2) is 9.88. The third-order valence-electron chi connectivity index (χ3n) is 3.90. The van der Waals surface area contributed by atoms with Gasteiger partial charge in [-0.15, -0.1) is 0 Å². The first-order valence-corrected chi connectivity index (χ1v) is 8.61. The van der Waals surface area contributed by atoms with E-state index in [-0.39, 0.29) is 5.91 Å². The van der Waals surface area contributed by atoms with Crippen LogP contribution in [-0.2, 0) is 9.53 Å². The summed E-state index contributed by atoms with van der Waals surface area (Å²) < 4.78 is 16.3. The van der Waals surface area contributed by atoms with Crippen LogP contribution < -0.4 is 14.8 Å². The molecule has 138 valence electrons. The number of amides is 1. The summed E-state index contributed by atoms with van der Waals surface area (Å²) in [4.78, 5) is 22.8. The number of ether oxygens (including phenoxy) is 3. The lowest BCUT2D eigenvalue weighted by Crippen LogP contribution is -2.28. The van der Waals surface area contributed by atoms with Crippen molar-refractivity contribution in [2.45, 2.75) is 38.7 Å². The van der Waals surface area contributed by atoms with Gasteiger partial charge < -0.3 is 24.6 Å². The van der Waals surface area contributed by atoms with Crippen LogP contribution in [0.3, 0.4) is 0 Å². The predicted octanol–water partition coefficient (Wildman–Crippen LogP) is 2.24. The summed E-state index contributed by atoms with van der Waals surface area (Å²) in [6.07, 6.45) is 4.96. The number of carboxylic acids is 1. The Balaban J connectivity index is 1.87. The lowest BCUT2D eigenvalue weighted by atomic mass is 10.2. The van der Waals surface area contributed by atoms with Crippen LogP contribution in [0.25, 0.3) is 0 Å². The van der Waals surface area contributed by atoms with Crippen molar-refractivity contribution < 1.29 is 28.9 Å². The van der Waals surface area contributed by atoms with Crippen LogP contribution in [0.1, 0.15) is 43.0 Å². The van der Waals surface area contributed by atoms with Crippen LogP contribution in [0.4, 0.5) is 0 Å². The molecule has 0 aliphatic heterocycles. The molecule has 0 saturated heterocycles. The summed E-state index contributed by atoms with van der Waals surface area (Å²) in [5.74, 6) is -0.670. The van der Waals surface area contributed by atoms with Gasteiger partial charge in [0.1, 0.15) is 0 Å². The van der Waals surface area contributed by atoms with Crippen molar-refractivity contribution in [1.29, 1.82) is 0 Å². The van der Waals surface area contributed by atoms with Crippen molar-refractivity contribution in [3.63, 3.8) is 0 Å². The van der Waals surface area contributed by atoms with E-state index in [0.29, 0.717) is 42.9 Å². The summed E-state index contributed by atoms with van der Waals surface area (Å²) in [6, 6.07) is 4.67. The summed E-state index contributed by atoms with van der Waals surface area (Å²) in [5.41, 5.74) is 0.423. The molecule has 1 saturated carbocycles. The van der Waals surface area contributed by atoms with Crippen LogP contribution in [0.5, 0.6) is 11.5 Å². The Morgan fingerprint density at radius 1 is 1.20 bits per heavy atom. The van der Waals surface area contributed by atoms with E-state index in [4.69, 9.17) is 19.3 Å². The molecule has 1 amide bonds. The molecule has 0 heterocycles. The third kappa shape index (κ3) is 6.26. The average molecular weight is 351 g/mol.